The number of pyridine rings is 1. The van der Waals surface area contributed by atoms with Gasteiger partial charge in [0, 0.05) is 43.8 Å². The number of piperazine rings is 1. The van der Waals surface area contributed by atoms with Gasteiger partial charge in [-0.1, -0.05) is 6.08 Å². The zero-order valence-corrected chi connectivity index (χ0v) is 16.9. The van der Waals surface area contributed by atoms with Crippen molar-refractivity contribution in [2.24, 2.45) is 15.9 Å². The van der Waals surface area contributed by atoms with Crippen molar-refractivity contribution < 1.29 is 9.59 Å². The number of nitrogens with zero attached hydrogens (tertiary/aromatic N) is 5. The molecule has 3 fully saturated rings. The molecule has 3 heterocycles. The van der Waals surface area contributed by atoms with Gasteiger partial charge >= 0.3 is 0 Å². The molecule has 4 rings (SSSR count). The van der Waals surface area contributed by atoms with Crippen LogP contribution in [-0.4, -0.2) is 71.4 Å². The molecule has 9 heteroatoms. The largest absolute Gasteiger partial charge is 0.397 e. The second kappa shape index (κ2) is 8.74. The predicted octanol–water partition coefficient (Wildman–Crippen LogP) is 1.54. The molecule has 3 N–H and O–H groups in total. The van der Waals surface area contributed by atoms with Gasteiger partial charge in [-0.25, -0.2) is 15.0 Å². The highest BCUT2D eigenvalue weighted by molar-refractivity contribution is 5.97. The summed E-state index contributed by atoms with van der Waals surface area (Å²) in [5.41, 5.74) is 6.81. The first kappa shape index (κ1) is 20.2. The Morgan fingerprint density at radius 2 is 2.03 bits per heavy atom. The molecule has 0 unspecified atom stereocenters. The van der Waals surface area contributed by atoms with E-state index < -0.39 is 0 Å². The molecule has 9 nitrogen and oxygen atoms in total. The lowest BCUT2D eigenvalue weighted by atomic mass is 10.1. The van der Waals surface area contributed by atoms with Gasteiger partial charge in [-0.2, -0.15) is 0 Å². The second-order valence-electron chi connectivity index (χ2n) is 8.06. The minimum Gasteiger partial charge on any atom is -0.397 e. The fraction of sp³-hybridized carbons (Fsp3) is 0.476. The number of nitrogens with one attached hydrogen (secondary N) is 1. The summed E-state index contributed by atoms with van der Waals surface area (Å²) < 4.78 is 0. The first-order chi connectivity index (χ1) is 14.6. The maximum Gasteiger partial charge on any atom is 0.226 e. The van der Waals surface area contributed by atoms with Crippen LogP contribution in [0.15, 0.2) is 34.5 Å². The van der Waals surface area contributed by atoms with Gasteiger partial charge in [0.25, 0.3) is 0 Å². The quantitative estimate of drug-likeness (QED) is 0.418. The second-order valence-corrected chi connectivity index (χ2v) is 8.06. The van der Waals surface area contributed by atoms with Crippen molar-refractivity contribution >= 4 is 36.2 Å². The van der Waals surface area contributed by atoms with Crippen LogP contribution >= 0.6 is 0 Å². The van der Waals surface area contributed by atoms with Crippen LogP contribution in [0, 0.1) is 5.92 Å². The number of aliphatic imine (C=N–C) groups is 2. The Balaban J connectivity index is 1.30. The Morgan fingerprint density at radius 3 is 2.63 bits per heavy atom. The molecule has 1 aromatic rings. The predicted molar refractivity (Wildman–Crippen MR) is 117 cm³/mol. The molecule has 0 spiro atoms. The monoisotopic (exact) mass is 409 g/mol. The smallest absolute Gasteiger partial charge is 0.226 e. The third-order valence-electron chi connectivity index (χ3n) is 5.87. The zero-order chi connectivity index (χ0) is 21.1. The van der Waals surface area contributed by atoms with Gasteiger partial charge in [0.2, 0.25) is 11.9 Å². The van der Waals surface area contributed by atoms with Gasteiger partial charge in [0.1, 0.15) is 5.69 Å². The van der Waals surface area contributed by atoms with E-state index in [1.807, 2.05) is 6.08 Å². The molecule has 2 atom stereocenters. The Hall–Kier alpha value is -3.07. The van der Waals surface area contributed by atoms with Gasteiger partial charge < -0.3 is 16.0 Å². The highest BCUT2D eigenvalue weighted by Gasteiger charge is 2.46. The molecular formula is C21H27N7O2. The summed E-state index contributed by atoms with van der Waals surface area (Å²) in [6, 6.07) is 2.31. The number of hydrogen-bond acceptors (Lipinski definition) is 6. The minimum atomic E-state index is 0.193. The molecule has 2 saturated heterocycles. The number of anilines is 2. The zero-order valence-electron chi connectivity index (χ0n) is 16.9. The average Bonchev–Trinajstić information content (AvgIpc) is 3.55. The summed E-state index contributed by atoms with van der Waals surface area (Å²) in [4.78, 5) is 40.0. The highest BCUT2D eigenvalue weighted by Crippen LogP contribution is 2.37. The maximum atomic E-state index is 12.5. The van der Waals surface area contributed by atoms with E-state index in [2.05, 4.69) is 36.8 Å². The fourth-order valence-corrected chi connectivity index (χ4v) is 4.26. The minimum absolute atomic E-state index is 0.193. The number of guanidine groups is 1. The number of likely N-dealkylation sites (tertiary alicyclic amines) is 1. The van der Waals surface area contributed by atoms with Crippen LogP contribution < -0.4 is 11.1 Å². The van der Waals surface area contributed by atoms with Gasteiger partial charge in [-0.3, -0.25) is 14.5 Å². The lowest BCUT2D eigenvalue weighted by Gasteiger charge is -2.41. The van der Waals surface area contributed by atoms with Crippen molar-refractivity contribution in [1.29, 1.82) is 0 Å². The number of aldehydes is 1. The molecule has 1 aromatic heterocycles. The molecule has 1 amide bonds. The summed E-state index contributed by atoms with van der Waals surface area (Å²) in [7, 11) is 0. The molecule has 1 aliphatic carbocycles. The van der Waals surface area contributed by atoms with Crippen LogP contribution in [0.4, 0.5) is 11.4 Å². The van der Waals surface area contributed by atoms with E-state index >= 15 is 0 Å². The van der Waals surface area contributed by atoms with E-state index in [0.29, 0.717) is 41.8 Å². The van der Waals surface area contributed by atoms with Crippen molar-refractivity contribution in [3.63, 3.8) is 0 Å². The summed E-state index contributed by atoms with van der Waals surface area (Å²) in [6.07, 6.45) is 10.1. The van der Waals surface area contributed by atoms with Gasteiger partial charge in [0.15, 0.2) is 6.29 Å². The standard InChI is InChI=1S/C21H27N7O2/c1-23-21(26-15-9-18(22)19(13-29)25-10-15)24-7-2-8-27-11-16-5-6-17(12-27)28(16)20(30)14-3-4-14/h2,7,9-10,13-14,16-17H,1,3-6,8,11-12,22H2,(H,24,26)/b7-2-/t16-,17+. The summed E-state index contributed by atoms with van der Waals surface area (Å²) in [5, 5.41) is 2.97. The van der Waals surface area contributed by atoms with Crippen LogP contribution in [0.25, 0.3) is 0 Å². The Labute approximate surface area is 175 Å². The number of aromatic nitrogens is 1. The normalized spacial score (nSPS) is 24.3. The number of nitrogens with two attached hydrogens (primary N) is 1. The number of carbonyl (C=O) groups excluding carboxylic acids is 2. The van der Waals surface area contributed by atoms with Crippen molar-refractivity contribution in [2.45, 2.75) is 37.8 Å². The lowest BCUT2D eigenvalue weighted by Crippen LogP contribution is -2.56. The van der Waals surface area contributed by atoms with E-state index in [1.54, 1.807) is 12.3 Å². The summed E-state index contributed by atoms with van der Waals surface area (Å²) >= 11 is 0. The fourth-order valence-electron chi connectivity index (χ4n) is 4.26. The van der Waals surface area contributed by atoms with Crippen molar-refractivity contribution in [2.75, 3.05) is 30.7 Å². The first-order valence-corrected chi connectivity index (χ1v) is 10.3. The Morgan fingerprint density at radius 1 is 1.30 bits per heavy atom. The highest BCUT2D eigenvalue weighted by atomic mass is 16.2. The number of amides is 1. The summed E-state index contributed by atoms with van der Waals surface area (Å²) in [6.45, 7) is 6.13. The van der Waals surface area contributed by atoms with Crippen LogP contribution in [0.3, 0.4) is 0 Å². The number of hydrogen-bond donors (Lipinski definition) is 2. The molecule has 0 radical (unpaired) electrons. The van der Waals surface area contributed by atoms with Crippen molar-refractivity contribution in [1.82, 2.24) is 14.8 Å². The van der Waals surface area contributed by atoms with Gasteiger partial charge in [-0.15, -0.1) is 0 Å². The van der Waals surface area contributed by atoms with E-state index in [-0.39, 0.29) is 11.4 Å². The van der Waals surface area contributed by atoms with Crippen LogP contribution in [0.2, 0.25) is 0 Å². The molecule has 0 aromatic carbocycles. The third-order valence-corrected chi connectivity index (χ3v) is 5.87. The molecule has 2 aliphatic heterocycles. The van der Waals surface area contributed by atoms with Crippen LogP contribution in [0.1, 0.15) is 36.2 Å². The first-order valence-electron chi connectivity index (χ1n) is 10.3. The molecule has 3 aliphatic rings. The van der Waals surface area contributed by atoms with E-state index in [9.17, 15) is 9.59 Å². The Kier molecular flexibility index (Phi) is 5.89. The molecular weight excluding hydrogens is 382 g/mol. The molecule has 30 heavy (non-hydrogen) atoms. The molecule has 1 saturated carbocycles. The number of nitrogen functional groups attached to an aromatic ring is 1. The van der Waals surface area contributed by atoms with Crippen molar-refractivity contribution in [3.8, 4) is 0 Å². The number of carbonyl (C=O) groups is 2. The lowest BCUT2D eigenvalue weighted by molar-refractivity contribution is -0.138. The summed E-state index contributed by atoms with van der Waals surface area (Å²) in [5.74, 6) is 0.990. The van der Waals surface area contributed by atoms with Crippen LogP contribution in [-0.2, 0) is 4.79 Å². The van der Waals surface area contributed by atoms with E-state index in [0.717, 1.165) is 45.3 Å². The Bertz CT molecular complexity index is 879. The maximum absolute atomic E-state index is 12.5. The topological polar surface area (TPSA) is 116 Å². The molecule has 2 bridgehead atoms. The number of rotatable bonds is 6. The van der Waals surface area contributed by atoms with E-state index in [1.165, 1.54) is 6.20 Å². The van der Waals surface area contributed by atoms with Crippen molar-refractivity contribution in [3.05, 3.63) is 30.2 Å². The van der Waals surface area contributed by atoms with Crippen LogP contribution in [0.5, 0.6) is 0 Å². The SMILES string of the molecule is C=NC(=N/C=C\CN1C[C@H]2CC[C@@H](C1)N2C(=O)C1CC1)Nc1cnc(C=O)c(N)c1. The van der Waals surface area contributed by atoms with Gasteiger partial charge in [-0.05, 0) is 38.5 Å². The molecule has 158 valence electrons. The number of fused-ring (bicyclic) bond motifs is 2. The van der Waals surface area contributed by atoms with Gasteiger partial charge in [0.05, 0.1) is 17.6 Å². The average molecular weight is 409 g/mol. The third kappa shape index (κ3) is 4.40. The van der Waals surface area contributed by atoms with E-state index in [4.69, 9.17) is 5.73 Å².